The highest BCUT2D eigenvalue weighted by Gasteiger charge is 2.29. The van der Waals surface area contributed by atoms with Crippen LogP contribution in [-0.4, -0.2) is 25.0 Å². The van der Waals surface area contributed by atoms with Crippen molar-refractivity contribution in [3.63, 3.8) is 0 Å². The molecule has 0 unspecified atom stereocenters. The Bertz CT molecular complexity index is 726. The molecule has 25 heavy (non-hydrogen) atoms. The first kappa shape index (κ1) is 17.2. The second kappa shape index (κ2) is 7.51. The van der Waals surface area contributed by atoms with Gasteiger partial charge in [-0.2, -0.15) is 0 Å². The van der Waals surface area contributed by atoms with E-state index in [1.165, 1.54) is 22.3 Å². The minimum absolute atomic E-state index is 0.0245. The molecular formula is C21H23NO3. The van der Waals surface area contributed by atoms with Gasteiger partial charge in [-0.1, -0.05) is 68.8 Å². The lowest BCUT2D eigenvalue weighted by Gasteiger charge is -2.19. The highest BCUT2D eigenvalue weighted by Crippen LogP contribution is 2.44. The maximum Gasteiger partial charge on any atom is 0.407 e. The molecule has 0 fully saturated rings. The molecule has 0 bridgehead atoms. The van der Waals surface area contributed by atoms with Crippen LogP contribution in [-0.2, 0) is 9.53 Å². The Balaban J connectivity index is 1.71. The van der Waals surface area contributed by atoms with Crippen LogP contribution in [0.4, 0.5) is 4.79 Å². The van der Waals surface area contributed by atoms with E-state index in [1.807, 2.05) is 38.1 Å². The van der Waals surface area contributed by atoms with E-state index in [-0.39, 0.29) is 18.4 Å². The molecule has 2 atom stereocenters. The van der Waals surface area contributed by atoms with E-state index in [2.05, 4.69) is 29.6 Å². The monoisotopic (exact) mass is 337 g/mol. The summed E-state index contributed by atoms with van der Waals surface area (Å²) in [6.45, 7) is 4.18. The van der Waals surface area contributed by atoms with E-state index in [0.29, 0.717) is 0 Å². The molecule has 0 aliphatic heterocycles. The van der Waals surface area contributed by atoms with Crippen molar-refractivity contribution in [1.29, 1.82) is 0 Å². The maximum absolute atomic E-state index is 12.1. The third-order valence-electron chi connectivity index (χ3n) is 5.03. The number of aldehydes is 1. The second-order valence-electron chi connectivity index (χ2n) is 6.52. The Labute approximate surface area is 148 Å². The fraction of sp³-hybridized carbons (Fsp3) is 0.333. The predicted octanol–water partition coefficient (Wildman–Crippen LogP) is 4.14. The third kappa shape index (κ3) is 3.43. The number of carbonyl (C=O) groups is 2. The standard InChI is InChI=1S/C21H23NO3/c1-3-14(2)20(12-23)22-21(24)25-13-19-17-10-6-4-8-15(17)16-9-5-7-11-18(16)19/h4-12,14,19-20H,3,13H2,1-2H3,(H,22,24)/t14-,20+/m0/s1. The zero-order valence-corrected chi connectivity index (χ0v) is 14.6. The van der Waals surface area contributed by atoms with Crippen LogP contribution in [0.5, 0.6) is 0 Å². The van der Waals surface area contributed by atoms with Gasteiger partial charge in [0.2, 0.25) is 0 Å². The van der Waals surface area contributed by atoms with Gasteiger partial charge in [-0.05, 0) is 28.2 Å². The summed E-state index contributed by atoms with van der Waals surface area (Å²) in [5, 5.41) is 2.66. The highest BCUT2D eigenvalue weighted by molar-refractivity contribution is 5.79. The van der Waals surface area contributed by atoms with Crippen molar-refractivity contribution in [2.75, 3.05) is 6.61 Å². The van der Waals surface area contributed by atoms with Crippen molar-refractivity contribution in [3.8, 4) is 11.1 Å². The van der Waals surface area contributed by atoms with Gasteiger partial charge in [-0.25, -0.2) is 4.79 Å². The average Bonchev–Trinajstić information content (AvgIpc) is 2.98. The number of hydrogen-bond acceptors (Lipinski definition) is 3. The normalized spacial score (nSPS) is 15.0. The summed E-state index contributed by atoms with van der Waals surface area (Å²) >= 11 is 0. The SMILES string of the molecule is CC[C@H](C)[C@@H](C=O)NC(=O)OCC1c2ccccc2-c2ccccc21. The lowest BCUT2D eigenvalue weighted by molar-refractivity contribution is -0.110. The number of rotatable bonds is 6. The van der Waals surface area contributed by atoms with Crippen LogP contribution in [0.25, 0.3) is 11.1 Å². The van der Waals surface area contributed by atoms with E-state index < -0.39 is 12.1 Å². The largest absolute Gasteiger partial charge is 0.449 e. The minimum Gasteiger partial charge on any atom is -0.449 e. The quantitative estimate of drug-likeness (QED) is 0.806. The van der Waals surface area contributed by atoms with Gasteiger partial charge in [0, 0.05) is 5.92 Å². The summed E-state index contributed by atoms with van der Waals surface area (Å²) in [5.41, 5.74) is 4.73. The molecule has 3 rings (SSSR count). The Morgan fingerprint density at radius 3 is 2.20 bits per heavy atom. The number of carbonyl (C=O) groups excluding carboxylic acids is 2. The molecule has 0 saturated heterocycles. The van der Waals surface area contributed by atoms with Crippen LogP contribution in [0.2, 0.25) is 0 Å². The van der Waals surface area contributed by atoms with Crippen molar-refractivity contribution in [3.05, 3.63) is 59.7 Å². The molecule has 0 spiro atoms. The summed E-state index contributed by atoms with van der Waals surface area (Å²) in [6, 6.07) is 15.9. The number of benzene rings is 2. The van der Waals surface area contributed by atoms with Crippen molar-refractivity contribution in [2.45, 2.75) is 32.2 Å². The number of nitrogens with one attached hydrogen (secondary N) is 1. The van der Waals surface area contributed by atoms with Crippen molar-refractivity contribution < 1.29 is 14.3 Å². The maximum atomic E-state index is 12.1. The van der Waals surface area contributed by atoms with Crippen LogP contribution < -0.4 is 5.32 Å². The molecule has 0 aromatic heterocycles. The first-order valence-corrected chi connectivity index (χ1v) is 8.72. The lowest BCUT2D eigenvalue weighted by Crippen LogP contribution is -2.41. The van der Waals surface area contributed by atoms with Gasteiger partial charge in [-0.3, -0.25) is 0 Å². The zero-order valence-electron chi connectivity index (χ0n) is 14.6. The van der Waals surface area contributed by atoms with Gasteiger partial charge in [0.1, 0.15) is 12.9 Å². The van der Waals surface area contributed by atoms with Gasteiger partial charge >= 0.3 is 6.09 Å². The van der Waals surface area contributed by atoms with Crippen LogP contribution in [0, 0.1) is 5.92 Å². The number of alkyl carbamates (subject to hydrolysis) is 1. The molecule has 130 valence electrons. The van der Waals surface area contributed by atoms with Gasteiger partial charge in [-0.15, -0.1) is 0 Å². The lowest BCUT2D eigenvalue weighted by atomic mass is 9.98. The first-order chi connectivity index (χ1) is 12.2. The predicted molar refractivity (Wildman–Crippen MR) is 97.5 cm³/mol. The number of fused-ring (bicyclic) bond motifs is 3. The van der Waals surface area contributed by atoms with Crippen molar-refractivity contribution >= 4 is 12.4 Å². The molecule has 1 aliphatic rings. The molecule has 0 saturated carbocycles. The summed E-state index contributed by atoms with van der Waals surface area (Å²) in [5.74, 6) is 0.106. The molecule has 1 N–H and O–H groups in total. The molecular weight excluding hydrogens is 314 g/mol. The minimum atomic E-state index is -0.542. The second-order valence-corrected chi connectivity index (χ2v) is 6.52. The molecule has 2 aromatic rings. The van der Waals surface area contributed by atoms with Crippen LogP contribution >= 0.6 is 0 Å². The smallest absolute Gasteiger partial charge is 0.407 e. The molecule has 1 aliphatic carbocycles. The first-order valence-electron chi connectivity index (χ1n) is 8.72. The molecule has 0 heterocycles. The van der Waals surface area contributed by atoms with Crippen LogP contribution in [0.3, 0.4) is 0 Å². The molecule has 4 heteroatoms. The van der Waals surface area contributed by atoms with Gasteiger partial charge in [0.15, 0.2) is 0 Å². The van der Waals surface area contributed by atoms with Crippen LogP contribution in [0.15, 0.2) is 48.5 Å². The summed E-state index contributed by atoms with van der Waals surface area (Å²) in [4.78, 5) is 23.3. The Hall–Kier alpha value is -2.62. The third-order valence-corrected chi connectivity index (χ3v) is 5.03. The molecule has 1 amide bonds. The van der Waals surface area contributed by atoms with E-state index >= 15 is 0 Å². The Morgan fingerprint density at radius 1 is 1.12 bits per heavy atom. The number of ether oxygens (including phenoxy) is 1. The highest BCUT2D eigenvalue weighted by atomic mass is 16.5. The Kier molecular flexibility index (Phi) is 5.17. The van der Waals surface area contributed by atoms with Crippen molar-refractivity contribution in [1.82, 2.24) is 5.32 Å². The average molecular weight is 337 g/mol. The Morgan fingerprint density at radius 2 is 1.68 bits per heavy atom. The number of amides is 1. The van der Waals surface area contributed by atoms with E-state index in [4.69, 9.17) is 4.74 Å². The topological polar surface area (TPSA) is 55.4 Å². The summed E-state index contributed by atoms with van der Waals surface area (Å²) < 4.78 is 5.46. The van der Waals surface area contributed by atoms with Crippen LogP contribution in [0.1, 0.15) is 37.3 Å². The van der Waals surface area contributed by atoms with E-state index in [9.17, 15) is 9.59 Å². The molecule has 2 aromatic carbocycles. The van der Waals surface area contributed by atoms with Crippen molar-refractivity contribution in [2.24, 2.45) is 5.92 Å². The summed E-state index contributed by atoms with van der Waals surface area (Å²) in [6.07, 6.45) is 1.04. The fourth-order valence-corrected chi connectivity index (χ4v) is 3.34. The van der Waals surface area contributed by atoms with Gasteiger partial charge in [0.05, 0.1) is 6.04 Å². The molecule has 4 nitrogen and oxygen atoms in total. The fourth-order valence-electron chi connectivity index (χ4n) is 3.34. The number of hydrogen-bond donors (Lipinski definition) is 1. The van der Waals surface area contributed by atoms with E-state index in [0.717, 1.165) is 12.7 Å². The van der Waals surface area contributed by atoms with E-state index in [1.54, 1.807) is 0 Å². The molecule has 0 radical (unpaired) electrons. The van der Waals surface area contributed by atoms with Gasteiger partial charge in [0.25, 0.3) is 0 Å². The zero-order chi connectivity index (χ0) is 17.8. The van der Waals surface area contributed by atoms with Gasteiger partial charge < -0.3 is 14.8 Å². The summed E-state index contributed by atoms with van der Waals surface area (Å²) in [7, 11) is 0.